The van der Waals surface area contributed by atoms with Gasteiger partial charge < -0.3 is 5.11 Å². The van der Waals surface area contributed by atoms with Gasteiger partial charge in [-0.1, -0.05) is 31.1 Å². The average Bonchev–Trinajstić information content (AvgIpc) is 2.83. The van der Waals surface area contributed by atoms with Crippen LogP contribution in [0.25, 0.3) is 0 Å². The van der Waals surface area contributed by atoms with Crippen LogP contribution in [0.3, 0.4) is 0 Å². The molecule has 1 N–H and O–H groups in total. The first-order valence-corrected chi connectivity index (χ1v) is 8.10. The largest absolute Gasteiger partial charge is 0.384 e. The van der Waals surface area contributed by atoms with Crippen molar-refractivity contribution in [3.05, 3.63) is 21.9 Å². The number of rotatable bonds is 3. The predicted molar refractivity (Wildman–Crippen MR) is 76.5 cm³/mol. The van der Waals surface area contributed by atoms with E-state index in [1.165, 1.54) is 37.0 Å². The molecule has 0 bridgehead atoms. The predicted octanol–water partition coefficient (Wildman–Crippen LogP) is 3.66. The van der Waals surface area contributed by atoms with Gasteiger partial charge in [0.05, 0.1) is 0 Å². The number of hydrogen-bond donors (Lipinski definition) is 1. The molecule has 2 rings (SSSR count). The molecule has 0 aromatic carbocycles. The summed E-state index contributed by atoms with van der Waals surface area (Å²) in [7, 11) is 0. The Kier molecular flexibility index (Phi) is 5.44. The molecule has 0 spiro atoms. The topological polar surface area (TPSA) is 20.2 Å². The first-order chi connectivity index (χ1) is 8.38. The Morgan fingerprint density at radius 1 is 1.35 bits per heavy atom. The molecule has 0 radical (unpaired) electrons. The normalized spacial score (nSPS) is 16.5. The second kappa shape index (κ2) is 7.10. The van der Waals surface area contributed by atoms with Gasteiger partial charge >= 0.3 is 0 Å². The summed E-state index contributed by atoms with van der Waals surface area (Å²) >= 11 is 3.88. The van der Waals surface area contributed by atoms with E-state index in [2.05, 4.69) is 35.0 Å². The van der Waals surface area contributed by atoms with Gasteiger partial charge in [-0.2, -0.15) is 11.8 Å². The fourth-order valence-corrected chi connectivity index (χ4v) is 4.32. The van der Waals surface area contributed by atoms with Crippen molar-refractivity contribution < 1.29 is 5.11 Å². The number of aliphatic hydroxyl groups excluding tert-OH is 1. The van der Waals surface area contributed by atoms with Gasteiger partial charge in [0.1, 0.15) is 6.61 Å². The van der Waals surface area contributed by atoms with Crippen molar-refractivity contribution in [2.75, 3.05) is 6.61 Å². The Labute approximate surface area is 112 Å². The molecule has 0 amide bonds. The highest BCUT2D eigenvalue weighted by atomic mass is 32.2. The first-order valence-electron chi connectivity index (χ1n) is 6.17. The molecular weight excluding hydrogens is 248 g/mol. The molecular formula is C14H18OS2. The van der Waals surface area contributed by atoms with Gasteiger partial charge in [-0.05, 0) is 18.9 Å². The van der Waals surface area contributed by atoms with E-state index < -0.39 is 0 Å². The monoisotopic (exact) mass is 266 g/mol. The van der Waals surface area contributed by atoms with E-state index in [0.29, 0.717) is 0 Å². The van der Waals surface area contributed by atoms with Crippen LogP contribution in [0.15, 0.2) is 11.4 Å². The second-order valence-corrected chi connectivity index (χ2v) is 6.62. The standard InChI is InChI=1S/C14H18OS2/c15-8-4-5-12-9-14(16-10-12)11-17-13-6-2-1-3-7-13/h9-10,13,15H,1-3,6-8,11H2. The van der Waals surface area contributed by atoms with Crippen molar-refractivity contribution in [2.24, 2.45) is 0 Å². The Morgan fingerprint density at radius 3 is 2.94 bits per heavy atom. The van der Waals surface area contributed by atoms with E-state index in [4.69, 9.17) is 5.11 Å². The van der Waals surface area contributed by atoms with Crippen molar-refractivity contribution >= 4 is 23.1 Å². The molecule has 0 unspecified atom stereocenters. The summed E-state index contributed by atoms with van der Waals surface area (Å²) in [6, 6.07) is 2.16. The highest BCUT2D eigenvalue weighted by Gasteiger charge is 2.13. The Morgan fingerprint density at radius 2 is 2.18 bits per heavy atom. The van der Waals surface area contributed by atoms with E-state index in [0.717, 1.165) is 16.6 Å². The number of thioether (sulfide) groups is 1. The summed E-state index contributed by atoms with van der Waals surface area (Å²) < 4.78 is 0. The minimum atomic E-state index is -0.0536. The van der Waals surface area contributed by atoms with Crippen LogP contribution < -0.4 is 0 Å². The van der Waals surface area contributed by atoms with E-state index in [1.807, 2.05) is 0 Å². The summed E-state index contributed by atoms with van der Waals surface area (Å²) in [4.78, 5) is 1.41. The van der Waals surface area contributed by atoms with Gasteiger partial charge in [0.15, 0.2) is 0 Å². The van der Waals surface area contributed by atoms with Gasteiger partial charge in [0, 0.05) is 26.8 Å². The maximum absolute atomic E-state index is 8.63. The first kappa shape index (κ1) is 13.0. The summed E-state index contributed by atoms with van der Waals surface area (Å²) in [5.41, 5.74) is 1.04. The number of aliphatic hydroxyl groups is 1. The van der Waals surface area contributed by atoms with Crippen LogP contribution in [0.1, 0.15) is 42.5 Å². The van der Waals surface area contributed by atoms with Crippen molar-refractivity contribution in [1.29, 1.82) is 0 Å². The third kappa shape index (κ3) is 4.39. The van der Waals surface area contributed by atoms with Crippen LogP contribution in [-0.2, 0) is 5.75 Å². The molecule has 1 saturated carbocycles. The fraction of sp³-hybridized carbons (Fsp3) is 0.571. The number of hydrogen-bond acceptors (Lipinski definition) is 3. The molecule has 1 nitrogen and oxygen atoms in total. The molecule has 1 aliphatic rings. The van der Waals surface area contributed by atoms with Gasteiger partial charge in [-0.15, -0.1) is 11.3 Å². The van der Waals surface area contributed by atoms with Gasteiger partial charge in [-0.3, -0.25) is 0 Å². The molecule has 1 fully saturated rings. The maximum atomic E-state index is 8.63. The van der Waals surface area contributed by atoms with Crippen molar-refractivity contribution in [3.8, 4) is 11.8 Å². The molecule has 17 heavy (non-hydrogen) atoms. The molecule has 1 aromatic rings. The minimum absolute atomic E-state index is 0.0536. The highest BCUT2D eigenvalue weighted by molar-refractivity contribution is 7.99. The molecule has 0 aliphatic heterocycles. The molecule has 1 heterocycles. The van der Waals surface area contributed by atoms with E-state index in [-0.39, 0.29) is 6.61 Å². The molecule has 3 heteroatoms. The lowest BCUT2D eigenvalue weighted by molar-refractivity contribution is 0.350. The van der Waals surface area contributed by atoms with Crippen LogP contribution in [0.5, 0.6) is 0 Å². The van der Waals surface area contributed by atoms with Crippen molar-refractivity contribution in [2.45, 2.75) is 43.1 Å². The van der Waals surface area contributed by atoms with Gasteiger partial charge in [0.2, 0.25) is 0 Å². The Bertz CT molecular complexity index is 394. The van der Waals surface area contributed by atoms with Crippen LogP contribution in [0, 0.1) is 11.8 Å². The van der Waals surface area contributed by atoms with E-state index in [1.54, 1.807) is 11.3 Å². The summed E-state index contributed by atoms with van der Waals surface area (Å²) in [5.74, 6) is 6.76. The lowest BCUT2D eigenvalue weighted by atomic mass is 10.0. The number of thiophene rings is 1. The van der Waals surface area contributed by atoms with Gasteiger partial charge in [0.25, 0.3) is 0 Å². The fourth-order valence-electron chi connectivity index (χ4n) is 2.10. The lowest BCUT2D eigenvalue weighted by Crippen LogP contribution is -2.07. The molecule has 92 valence electrons. The summed E-state index contributed by atoms with van der Waals surface area (Å²) in [6.45, 7) is -0.0536. The SMILES string of the molecule is OCC#Cc1csc(CSC2CCCCC2)c1. The third-order valence-electron chi connectivity index (χ3n) is 2.98. The van der Waals surface area contributed by atoms with Crippen LogP contribution >= 0.6 is 23.1 Å². The van der Waals surface area contributed by atoms with Crippen molar-refractivity contribution in [1.82, 2.24) is 0 Å². The van der Waals surface area contributed by atoms with Crippen LogP contribution in [0.2, 0.25) is 0 Å². The smallest absolute Gasteiger partial charge is 0.104 e. The zero-order valence-corrected chi connectivity index (χ0v) is 11.6. The zero-order valence-electron chi connectivity index (χ0n) is 9.95. The van der Waals surface area contributed by atoms with E-state index >= 15 is 0 Å². The Balaban J connectivity index is 1.80. The van der Waals surface area contributed by atoms with Crippen LogP contribution in [-0.4, -0.2) is 17.0 Å². The highest BCUT2D eigenvalue weighted by Crippen LogP contribution is 2.31. The molecule has 0 atom stereocenters. The van der Waals surface area contributed by atoms with Gasteiger partial charge in [-0.25, -0.2) is 0 Å². The van der Waals surface area contributed by atoms with Crippen molar-refractivity contribution in [3.63, 3.8) is 0 Å². The van der Waals surface area contributed by atoms with E-state index in [9.17, 15) is 0 Å². The summed E-state index contributed by atoms with van der Waals surface area (Å²) in [6.07, 6.45) is 7.04. The Hall–Kier alpha value is -0.430. The average molecular weight is 266 g/mol. The lowest BCUT2D eigenvalue weighted by Gasteiger charge is -2.20. The quantitative estimate of drug-likeness (QED) is 0.843. The molecule has 1 aromatic heterocycles. The third-order valence-corrected chi connectivity index (χ3v) is 5.52. The maximum Gasteiger partial charge on any atom is 0.104 e. The summed E-state index contributed by atoms with van der Waals surface area (Å²) in [5, 5.41) is 11.6. The minimum Gasteiger partial charge on any atom is -0.384 e. The second-order valence-electron chi connectivity index (χ2n) is 4.33. The molecule has 1 aliphatic carbocycles. The molecule has 0 saturated heterocycles. The van der Waals surface area contributed by atoms with Crippen LogP contribution in [0.4, 0.5) is 0 Å². The zero-order chi connectivity index (χ0) is 11.9.